The van der Waals surface area contributed by atoms with Gasteiger partial charge < -0.3 is 10.5 Å². The first-order chi connectivity index (χ1) is 10.3. The molecule has 0 heterocycles. The molecule has 0 aliphatic heterocycles. The van der Waals surface area contributed by atoms with Gasteiger partial charge in [0.25, 0.3) is 0 Å². The highest BCUT2D eigenvalue weighted by Gasteiger charge is 2.16. The second kappa shape index (κ2) is 6.35. The van der Waals surface area contributed by atoms with E-state index >= 15 is 0 Å². The van der Waals surface area contributed by atoms with Crippen LogP contribution in [0.1, 0.15) is 15.9 Å². The average molecular weight is 341 g/mol. The van der Waals surface area contributed by atoms with Crippen LogP contribution in [-0.4, -0.2) is 14.3 Å². The van der Waals surface area contributed by atoms with Gasteiger partial charge in [-0.3, -0.25) is 4.79 Å². The number of primary amides is 1. The number of nitrogens with two attached hydrogens (primary N) is 2. The molecule has 1 amide bonds. The molecule has 2 rings (SSSR count). The molecule has 22 heavy (non-hydrogen) atoms. The number of amides is 1. The number of hydrogen-bond acceptors (Lipinski definition) is 4. The highest BCUT2D eigenvalue weighted by molar-refractivity contribution is 7.89. The van der Waals surface area contributed by atoms with Crippen molar-refractivity contribution in [1.82, 2.24) is 0 Å². The van der Waals surface area contributed by atoms with Crippen molar-refractivity contribution in [1.29, 1.82) is 0 Å². The van der Waals surface area contributed by atoms with Crippen molar-refractivity contribution >= 4 is 27.5 Å². The Kier molecular flexibility index (Phi) is 4.70. The summed E-state index contributed by atoms with van der Waals surface area (Å²) in [6, 6.07) is 10.5. The zero-order valence-corrected chi connectivity index (χ0v) is 12.9. The van der Waals surface area contributed by atoms with Crippen LogP contribution in [-0.2, 0) is 16.6 Å². The SMILES string of the molecule is NC(=O)c1cccc(COc2cc(Cl)ccc2S(N)(=O)=O)c1. The lowest BCUT2D eigenvalue weighted by atomic mass is 10.1. The Balaban J connectivity index is 2.27. The summed E-state index contributed by atoms with van der Waals surface area (Å²) in [5.41, 5.74) is 6.18. The molecule has 4 N–H and O–H groups in total. The summed E-state index contributed by atoms with van der Waals surface area (Å²) in [6.45, 7) is 0.0317. The molecule has 0 saturated carbocycles. The van der Waals surface area contributed by atoms with Crippen LogP contribution in [0.3, 0.4) is 0 Å². The van der Waals surface area contributed by atoms with Crippen molar-refractivity contribution in [2.45, 2.75) is 11.5 Å². The number of hydrogen-bond donors (Lipinski definition) is 2. The quantitative estimate of drug-likeness (QED) is 0.861. The van der Waals surface area contributed by atoms with Crippen molar-refractivity contribution in [3.63, 3.8) is 0 Å². The molecule has 0 aliphatic rings. The Labute approximate surface area is 132 Å². The molecular weight excluding hydrogens is 328 g/mol. The fourth-order valence-electron chi connectivity index (χ4n) is 1.81. The zero-order valence-electron chi connectivity index (χ0n) is 11.3. The number of halogens is 1. The van der Waals surface area contributed by atoms with Crippen LogP contribution >= 0.6 is 11.6 Å². The number of primary sulfonamides is 1. The number of benzene rings is 2. The average Bonchev–Trinajstić information content (AvgIpc) is 2.44. The highest BCUT2D eigenvalue weighted by Crippen LogP contribution is 2.27. The summed E-state index contributed by atoms with van der Waals surface area (Å²) in [4.78, 5) is 11.0. The Hall–Kier alpha value is -2.09. The smallest absolute Gasteiger partial charge is 0.248 e. The number of ether oxygens (including phenoxy) is 1. The van der Waals surface area contributed by atoms with Gasteiger partial charge in [0.15, 0.2) is 0 Å². The maximum absolute atomic E-state index is 11.5. The van der Waals surface area contributed by atoms with E-state index in [1.54, 1.807) is 24.3 Å². The maximum atomic E-state index is 11.5. The van der Waals surface area contributed by atoms with Crippen LogP contribution in [0.25, 0.3) is 0 Å². The Morgan fingerprint density at radius 3 is 2.55 bits per heavy atom. The minimum absolute atomic E-state index is 0.0317. The van der Waals surface area contributed by atoms with E-state index in [-0.39, 0.29) is 17.3 Å². The molecule has 0 unspecified atom stereocenters. The summed E-state index contributed by atoms with van der Waals surface area (Å²) in [7, 11) is -3.93. The molecular formula is C14H13ClN2O4S. The van der Waals surface area contributed by atoms with E-state index in [0.29, 0.717) is 16.1 Å². The summed E-state index contributed by atoms with van der Waals surface area (Å²) in [5, 5.41) is 5.44. The van der Waals surface area contributed by atoms with Crippen molar-refractivity contribution in [3.05, 3.63) is 58.6 Å². The van der Waals surface area contributed by atoms with Crippen molar-refractivity contribution < 1.29 is 17.9 Å². The summed E-state index contributed by atoms with van der Waals surface area (Å²) in [6.07, 6.45) is 0. The monoisotopic (exact) mass is 340 g/mol. The second-order valence-corrected chi connectivity index (χ2v) is 6.46. The topological polar surface area (TPSA) is 112 Å². The van der Waals surface area contributed by atoms with Crippen LogP contribution < -0.4 is 15.6 Å². The van der Waals surface area contributed by atoms with Gasteiger partial charge in [-0.25, -0.2) is 13.6 Å². The second-order valence-electron chi connectivity index (χ2n) is 4.49. The zero-order chi connectivity index (χ0) is 16.3. The van der Waals surface area contributed by atoms with Crippen LogP contribution in [0.2, 0.25) is 5.02 Å². The molecule has 0 radical (unpaired) electrons. The van der Waals surface area contributed by atoms with E-state index in [2.05, 4.69) is 0 Å². The van der Waals surface area contributed by atoms with Crippen molar-refractivity contribution in [2.24, 2.45) is 10.9 Å². The molecule has 8 heteroatoms. The molecule has 0 atom stereocenters. The van der Waals surface area contributed by atoms with Crippen molar-refractivity contribution in [3.8, 4) is 5.75 Å². The number of sulfonamides is 1. The molecule has 0 saturated heterocycles. The fraction of sp³-hybridized carbons (Fsp3) is 0.0714. The molecule has 0 aromatic heterocycles. The summed E-state index contributed by atoms with van der Waals surface area (Å²) < 4.78 is 28.5. The first kappa shape index (κ1) is 16.3. The van der Waals surface area contributed by atoms with Gasteiger partial charge in [-0.15, -0.1) is 0 Å². The molecule has 0 spiro atoms. The fourth-order valence-corrected chi connectivity index (χ4v) is 2.62. The van der Waals surface area contributed by atoms with Gasteiger partial charge in [-0.2, -0.15) is 0 Å². The van der Waals surface area contributed by atoms with Crippen LogP contribution in [0.4, 0.5) is 0 Å². The molecule has 116 valence electrons. The van der Waals surface area contributed by atoms with Gasteiger partial charge in [-0.1, -0.05) is 23.7 Å². The first-order valence-corrected chi connectivity index (χ1v) is 8.03. The van der Waals surface area contributed by atoms with E-state index in [1.165, 1.54) is 18.2 Å². The number of carbonyl (C=O) groups is 1. The van der Waals surface area contributed by atoms with E-state index < -0.39 is 15.9 Å². The molecule has 2 aromatic rings. The lowest BCUT2D eigenvalue weighted by molar-refractivity contribution is 0.1000. The summed E-state index contributed by atoms with van der Waals surface area (Å²) in [5.74, 6) is -0.519. The van der Waals surface area contributed by atoms with E-state index in [4.69, 9.17) is 27.2 Å². The predicted molar refractivity (Wildman–Crippen MR) is 82.1 cm³/mol. The minimum Gasteiger partial charge on any atom is -0.487 e. The lowest BCUT2D eigenvalue weighted by Crippen LogP contribution is -2.14. The predicted octanol–water partition coefficient (Wildman–Crippen LogP) is 1.67. The van der Waals surface area contributed by atoms with Crippen LogP contribution in [0, 0.1) is 0 Å². The van der Waals surface area contributed by atoms with E-state index in [0.717, 1.165) is 0 Å². The standard InChI is InChI=1S/C14H13ClN2O4S/c15-11-4-5-13(22(17,19)20)12(7-11)21-8-9-2-1-3-10(6-9)14(16)18/h1-7H,8H2,(H2,16,18)(H2,17,19,20). The van der Waals surface area contributed by atoms with Gasteiger partial charge in [0, 0.05) is 16.7 Å². The van der Waals surface area contributed by atoms with Gasteiger partial charge in [-0.05, 0) is 29.8 Å². The van der Waals surface area contributed by atoms with Gasteiger partial charge in [0.05, 0.1) is 0 Å². The normalized spacial score (nSPS) is 11.2. The third kappa shape index (κ3) is 3.97. The third-order valence-electron chi connectivity index (χ3n) is 2.82. The largest absolute Gasteiger partial charge is 0.487 e. The number of carbonyl (C=O) groups excluding carboxylic acids is 1. The van der Waals surface area contributed by atoms with E-state index in [1.807, 2.05) is 0 Å². The molecule has 0 fully saturated rings. The Morgan fingerprint density at radius 2 is 1.91 bits per heavy atom. The summed E-state index contributed by atoms with van der Waals surface area (Å²) >= 11 is 5.84. The van der Waals surface area contributed by atoms with Crippen molar-refractivity contribution in [2.75, 3.05) is 0 Å². The minimum atomic E-state index is -3.93. The van der Waals surface area contributed by atoms with Crippen LogP contribution in [0.15, 0.2) is 47.4 Å². The van der Waals surface area contributed by atoms with Gasteiger partial charge in [0.1, 0.15) is 17.3 Å². The van der Waals surface area contributed by atoms with Gasteiger partial charge in [0.2, 0.25) is 15.9 Å². The van der Waals surface area contributed by atoms with E-state index in [9.17, 15) is 13.2 Å². The molecule has 0 bridgehead atoms. The Morgan fingerprint density at radius 1 is 1.18 bits per heavy atom. The molecule has 2 aromatic carbocycles. The van der Waals surface area contributed by atoms with Crippen LogP contribution in [0.5, 0.6) is 5.75 Å². The highest BCUT2D eigenvalue weighted by atomic mass is 35.5. The lowest BCUT2D eigenvalue weighted by Gasteiger charge is -2.11. The molecule has 0 aliphatic carbocycles. The Bertz CT molecular complexity index is 821. The number of rotatable bonds is 5. The first-order valence-electron chi connectivity index (χ1n) is 6.11. The molecule has 6 nitrogen and oxygen atoms in total. The van der Waals surface area contributed by atoms with Gasteiger partial charge >= 0.3 is 0 Å². The third-order valence-corrected chi connectivity index (χ3v) is 4.00. The maximum Gasteiger partial charge on any atom is 0.248 e.